The number of hydrogen-bond donors (Lipinski definition) is 1. The molecule has 14 heavy (non-hydrogen) atoms. The molecule has 0 aliphatic rings. The number of aromatic nitrogens is 2. The lowest BCUT2D eigenvalue weighted by Gasteiger charge is -1.95. The summed E-state index contributed by atoms with van der Waals surface area (Å²) in [4.78, 5) is 14.5. The molecule has 0 atom stereocenters. The summed E-state index contributed by atoms with van der Waals surface area (Å²) in [7, 11) is 0. The Morgan fingerprint density at radius 3 is 2.71 bits per heavy atom. The monoisotopic (exact) mass is 190 g/mol. The number of carboxylic acid groups (broad SMARTS) is 1. The predicted octanol–water partition coefficient (Wildman–Crippen LogP) is 1.43. The van der Waals surface area contributed by atoms with Crippen molar-refractivity contribution in [3.05, 3.63) is 36.2 Å². The Morgan fingerprint density at radius 1 is 1.36 bits per heavy atom. The maximum Gasteiger partial charge on any atom is 0.337 e. The van der Waals surface area contributed by atoms with Gasteiger partial charge in [0.1, 0.15) is 5.69 Å². The fourth-order valence-corrected chi connectivity index (χ4v) is 1.01. The Morgan fingerprint density at radius 2 is 2.21 bits per heavy atom. The molecule has 5 heteroatoms. The average molecular weight is 190 g/mol. The third-order valence-corrected chi connectivity index (χ3v) is 1.70. The van der Waals surface area contributed by atoms with Crippen LogP contribution in [0.4, 0.5) is 0 Å². The van der Waals surface area contributed by atoms with Crippen LogP contribution < -0.4 is 0 Å². The van der Waals surface area contributed by atoms with Crippen LogP contribution in [0.15, 0.2) is 35.1 Å². The first-order chi connectivity index (χ1) is 6.77. The van der Waals surface area contributed by atoms with Crippen molar-refractivity contribution in [3.63, 3.8) is 0 Å². The van der Waals surface area contributed by atoms with Crippen molar-refractivity contribution in [2.75, 3.05) is 0 Å². The molecule has 0 aliphatic carbocycles. The summed E-state index contributed by atoms with van der Waals surface area (Å²) in [6, 6.07) is 4.69. The molecular weight excluding hydrogens is 184 g/mol. The number of nitrogens with zero attached hydrogens (tertiary/aromatic N) is 2. The van der Waals surface area contributed by atoms with Crippen molar-refractivity contribution < 1.29 is 14.4 Å². The van der Waals surface area contributed by atoms with Crippen molar-refractivity contribution >= 4 is 5.97 Å². The van der Waals surface area contributed by atoms with E-state index in [9.17, 15) is 4.79 Å². The average Bonchev–Trinajstić information content (AvgIpc) is 2.71. The molecule has 2 heterocycles. The highest BCUT2D eigenvalue weighted by Gasteiger charge is 2.06. The normalized spacial score (nSPS) is 10.0. The maximum absolute atomic E-state index is 10.5. The van der Waals surface area contributed by atoms with Crippen LogP contribution in [0.25, 0.3) is 11.5 Å². The Kier molecular flexibility index (Phi) is 1.98. The largest absolute Gasteiger partial charge is 0.478 e. The highest BCUT2D eigenvalue weighted by molar-refractivity contribution is 5.87. The lowest BCUT2D eigenvalue weighted by Crippen LogP contribution is -1.96. The molecular formula is C9H6N2O3. The fourth-order valence-electron chi connectivity index (χ4n) is 1.01. The Labute approximate surface area is 79.0 Å². The second kappa shape index (κ2) is 3.29. The van der Waals surface area contributed by atoms with Gasteiger partial charge in [0, 0.05) is 12.3 Å². The quantitative estimate of drug-likeness (QED) is 0.775. The van der Waals surface area contributed by atoms with Crippen molar-refractivity contribution in [1.29, 1.82) is 0 Å². The Balaban J connectivity index is 2.36. The van der Waals surface area contributed by atoms with Gasteiger partial charge in [-0.25, -0.2) is 4.79 Å². The lowest BCUT2D eigenvalue weighted by molar-refractivity contribution is 0.0696. The van der Waals surface area contributed by atoms with Gasteiger partial charge in [-0.1, -0.05) is 5.16 Å². The smallest absolute Gasteiger partial charge is 0.337 e. The van der Waals surface area contributed by atoms with Gasteiger partial charge in [-0.2, -0.15) is 0 Å². The van der Waals surface area contributed by atoms with E-state index in [1.807, 2.05) is 0 Å². The highest BCUT2D eigenvalue weighted by atomic mass is 16.5. The summed E-state index contributed by atoms with van der Waals surface area (Å²) in [6.07, 6.45) is 2.78. The fraction of sp³-hybridized carbons (Fsp3) is 0. The van der Waals surface area contributed by atoms with Crippen LogP contribution in [0.5, 0.6) is 0 Å². The van der Waals surface area contributed by atoms with Gasteiger partial charge in [0.05, 0.1) is 11.8 Å². The van der Waals surface area contributed by atoms with Crippen molar-refractivity contribution in [2.45, 2.75) is 0 Å². The van der Waals surface area contributed by atoms with E-state index >= 15 is 0 Å². The van der Waals surface area contributed by atoms with Gasteiger partial charge in [-0.05, 0) is 12.1 Å². The van der Waals surface area contributed by atoms with E-state index in [1.54, 1.807) is 12.1 Å². The molecule has 0 fully saturated rings. The molecule has 70 valence electrons. The molecule has 0 aromatic carbocycles. The van der Waals surface area contributed by atoms with Gasteiger partial charge < -0.3 is 9.63 Å². The first kappa shape index (κ1) is 8.43. The van der Waals surface area contributed by atoms with Crippen molar-refractivity contribution in [1.82, 2.24) is 10.1 Å². The zero-order chi connectivity index (χ0) is 9.97. The van der Waals surface area contributed by atoms with Gasteiger partial charge in [-0.15, -0.1) is 0 Å². The SMILES string of the molecule is O=C(O)c1ccc(-c2ccno2)nc1. The maximum atomic E-state index is 10.5. The molecule has 2 aromatic heterocycles. The molecule has 0 spiro atoms. The summed E-state index contributed by atoms with van der Waals surface area (Å²) in [5.74, 6) is -0.483. The first-order valence-corrected chi connectivity index (χ1v) is 3.88. The van der Waals surface area contributed by atoms with E-state index in [4.69, 9.17) is 9.63 Å². The summed E-state index contributed by atoms with van der Waals surface area (Å²) in [5, 5.41) is 12.2. The van der Waals surface area contributed by atoms with E-state index in [-0.39, 0.29) is 5.56 Å². The second-order valence-electron chi connectivity index (χ2n) is 2.61. The molecule has 1 N–H and O–H groups in total. The van der Waals surface area contributed by atoms with Crippen LogP contribution in [0.2, 0.25) is 0 Å². The molecule has 0 saturated heterocycles. The summed E-state index contributed by atoms with van der Waals surface area (Å²) in [5.41, 5.74) is 0.709. The van der Waals surface area contributed by atoms with Gasteiger partial charge in [-0.3, -0.25) is 4.98 Å². The number of aromatic carboxylic acids is 1. The van der Waals surface area contributed by atoms with Crippen LogP contribution in [0.1, 0.15) is 10.4 Å². The van der Waals surface area contributed by atoms with Crippen LogP contribution in [-0.4, -0.2) is 21.2 Å². The number of pyridine rings is 1. The Hall–Kier alpha value is -2.17. The minimum Gasteiger partial charge on any atom is -0.478 e. The van der Waals surface area contributed by atoms with Gasteiger partial charge in [0.25, 0.3) is 0 Å². The zero-order valence-corrected chi connectivity index (χ0v) is 7.04. The number of hydrogen-bond acceptors (Lipinski definition) is 4. The lowest BCUT2D eigenvalue weighted by atomic mass is 10.2. The summed E-state index contributed by atoms with van der Waals surface area (Å²) >= 11 is 0. The van der Waals surface area contributed by atoms with Crippen molar-refractivity contribution in [3.8, 4) is 11.5 Å². The van der Waals surface area contributed by atoms with E-state index < -0.39 is 5.97 Å². The molecule has 0 aliphatic heterocycles. The Bertz CT molecular complexity index is 434. The first-order valence-electron chi connectivity index (χ1n) is 3.88. The van der Waals surface area contributed by atoms with E-state index in [1.165, 1.54) is 18.5 Å². The standard InChI is InChI=1S/C9H6N2O3/c12-9(13)6-1-2-7(10-5-6)8-3-4-11-14-8/h1-5H,(H,12,13). The van der Waals surface area contributed by atoms with Crippen LogP contribution in [0, 0.1) is 0 Å². The van der Waals surface area contributed by atoms with Crippen LogP contribution in [0.3, 0.4) is 0 Å². The van der Waals surface area contributed by atoms with Gasteiger partial charge in [0.15, 0.2) is 5.76 Å². The minimum atomic E-state index is -0.999. The van der Waals surface area contributed by atoms with E-state index in [0.29, 0.717) is 11.5 Å². The third-order valence-electron chi connectivity index (χ3n) is 1.70. The molecule has 0 radical (unpaired) electrons. The molecule has 5 nitrogen and oxygen atoms in total. The number of rotatable bonds is 2. The van der Waals surface area contributed by atoms with Gasteiger partial charge in [0.2, 0.25) is 0 Å². The number of carboxylic acids is 1. The van der Waals surface area contributed by atoms with Gasteiger partial charge >= 0.3 is 5.97 Å². The minimum absolute atomic E-state index is 0.147. The van der Waals surface area contributed by atoms with E-state index in [2.05, 4.69) is 10.1 Å². The van der Waals surface area contributed by atoms with Crippen LogP contribution >= 0.6 is 0 Å². The third kappa shape index (κ3) is 1.47. The van der Waals surface area contributed by atoms with Crippen molar-refractivity contribution in [2.24, 2.45) is 0 Å². The summed E-state index contributed by atoms with van der Waals surface area (Å²) in [6.45, 7) is 0. The molecule has 0 amide bonds. The topological polar surface area (TPSA) is 76.2 Å². The summed E-state index contributed by atoms with van der Waals surface area (Å²) < 4.78 is 4.86. The molecule has 0 unspecified atom stereocenters. The molecule has 0 saturated carbocycles. The van der Waals surface area contributed by atoms with Crippen LogP contribution in [-0.2, 0) is 0 Å². The number of carbonyl (C=O) groups is 1. The highest BCUT2D eigenvalue weighted by Crippen LogP contribution is 2.15. The molecule has 2 rings (SSSR count). The zero-order valence-electron chi connectivity index (χ0n) is 7.04. The van der Waals surface area contributed by atoms with E-state index in [0.717, 1.165) is 0 Å². The predicted molar refractivity (Wildman–Crippen MR) is 46.7 cm³/mol. The molecule has 2 aromatic rings. The second-order valence-corrected chi connectivity index (χ2v) is 2.61. The molecule has 0 bridgehead atoms.